The van der Waals surface area contributed by atoms with Crippen molar-refractivity contribution in [3.8, 4) is 0 Å². The summed E-state index contributed by atoms with van der Waals surface area (Å²) in [6, 6.07) is 8.24. The second kappa shape index (κ2) is 5.00. The first-order valence-corrected chi connectivity index (χ1v) is 4.61. The molecule has 0 fully saturated rings. The fraction of sp³-hybridized carbons (Fsp3) is 0.364. The fourth-order valence-electron chi connectivity index (χ4n) is 1.27. The second-order valence-corrected chi connectivity index (χ2v) is 3.19. The molecule has 0 bridgehead atoms. The molecule has 1 aromatic carbocycles. The van der Waals surface area contributed by atoms with Crippen LogP contribution in [0, 0.1) is 6.92 Å². The summed E-state index contributed by atoms with van der Waals surface area (Å²) in [6.45, 7) is 4.30. The molecule has 0 spiro atoms. The molecule has 4 N–H and O–H groups in total. The molecule has 1 radical (unpaired) electrons. The zero-order valence-electron chi connectivity index (χ0n) is 7.87. The van der Waals surface area contributed by atoms with Gasteiger partial charge in [0.1, 0.15) is 0 Å². The summed E-state index contributed by atoms with van der Waals surface area (Å²) in [5.74, 6) is 0. The molecule has 0 saturated carbocycles. The molecule has 0 saturated heterocycles. The average Bonchev–Trinajstić information content (AvgIpc) is 2.18. The van der Waals surface area contributed by atoms with Crippen molar-refractivity contribution in [1.82, 2.24) is 0 Å². The number of benzene rings is 1. The number of hydrogen-bond donors (Lipinski definition) is 2. The molecule has 0 heterocycles. The summed E-state index contributed by atoms with van der Waals surface area (Å²) in [4.78, 5) is 0. The van der Waals surface area contributed by atoms with Gasteiger partial charge in [-0.1, -0.05) is 31.2 Å². The summed E-state index contributed by atoms with van der Waals surface area (Å²) in [5, 5.41) is 0. The maximum absolute atomic E-state index is 5.78. The van der Waals surface area contributed by atoms with Gasteiger partial charge in [-0.15, -0.1) is 0 Å². The molecule has 71 valence electrons. The summed E-state index contributed by atoms with van der Waals surface area (Å²) in [5.41, 5.74) is 13.7. The van der Waals surface area contributed by atoms with Crippen molar-refractivity contribution >= 4 is 0 Å². The van der Waals surface area contributed by atoms with Gasteiger partial charge in [0.2, 0.25) is 0 Å². The second-order valence-electron chi connectivity index (χ2n) is 3.19. The average molecular weight is 177 g/mol. The van der Waals surface area contributed by atoms with Gasteiger partial charge in [-0.3, -0.25) is 0 Å². The van der Waals surface area contributed by atoms with Crippen molar-refractivity contribution < 1.29 is 0 Å². The molecular weight excluding hydrogens is 160 g/mol. The monoisotopic (exact) mass is 177 g/mol. The van der Waals surface area contributed by atoms with Crippen molar-refractivity contribution in [1.29, 1.82) is 0 Å². The third-order valence-electron chi connectivity index (χ3n) is 2.13. The lowest BCUT2D eigenvalue weighted by Gasteiger charge is -2.09. The van der Waals surface area contributed by atoms with Gasteiger partial charge >= 0.3 is 0 Å². The predicted octanol–water partition coefficient (Wildman–Crippen LogP) is 1.41. The summed E-state index contributed by atoms with van der Waals surface area (Å²) < 4.78 is 0. The van der Waals surface area contributed by atoms with E-state index in [4.69, 9.17) is 11.5 Å². The molecule has 0 aliphatic rings. The Balaban J connectivity index is 2.69. The lowest BCUT2D eigenvalue weighted by Crippen LogP contribution is -2.20. The summed E-state index contributed by atoms with van der Waals surface area (Å²) in [7, 11) is 0. The van der Waals surface area contributed by atoms with E-state index in [1.54, 1.807) is 0 Å². The minimum absolute atomic E-state index is 0.0335. The Morgan fingerprint density at radius 2 is 1.85 bits per heavy atom. The predicted molar refractivity (Wildman–Crippen MR) is 56.1 cm³/mol. The van der Waals surface area contributed by atoms with Crippen LogP contribution in [-0.2, 0) is 6.42 Å². The molecule has 1 aromatic rings. The number of rotatable bonds is 4. The minimum atomic E-state index is -0.0335. The first-order valence-electron chi connectivity index (χ1n) is 4.61. The smallest absolute Gasteiger partial charge is 0.0419 e. The van der Waals surface area contributed by atoms with Crippen LogP contribution in [-0.4, -0.2) is 6.54 Å². The van der Waals surface area contributed by atoms with E-state index in [1.807, 2.05) is 12.1 Å². The van der Waals surface area contributed by atoms with Crippen molar-refractivity contribution in [3.05, 3.63) is 42.3 Å². The molecule has 2 nitrogen and oxygen atoms in total. The van der Waals surface area contributed by atoms with E-state index in [1.165, 1.54) is 5.56 Å². The Morgan fingerprint density at radius 3 is 2.31 bits per heavy atom. The van der Waals surface area contributed by atoms with Gasteiger partial charge < -0.3 is 11.5 Å². The van der Waals surface area contributed by atoms with E-state index < -0.39 is 0 Å². The zero-order valence-corrected chi connectivity index (χ0v) is 7.87. The van der Waals surface area contributed by atoms with Crippen LogP contribution in [0.3, 0.4) is 0 Å². The van der Waals surface area contributed by atoms with E-state index in [0.29, 0.717) is 6.54 Å². The van der Waals surface area contributed by atoms with Crippen LogP contribution in [0.25, 0.3) is 0 Å². The molecule has 1 atom stereocenters. The van der Waals surface area contributed by atoms with Crippen molar-refractivity contribution in [2.45, 2.75) is 18.9 Å². The topological polar surface area (TPSA) is 52.0 Å². The van der Waals surface area contributed by atoms with Crippen LogP contribution in [0.2, 0.25) is 0 Å². The van der Waals surface area contributed by atoms with Crippen molar-refractivity contribution in [2.75, 3.05) is 6.54 Å². The van der Waals surface area contributed by atoms with Gasteiger partial charge in [0.15, 0.2) is 0 Å². The maximum atomic E-state index is 5.78. The number of aryl methyl sites for hydroxylation is 1. The molecule has 0 aliphatic carbocycles. The fourth-order valence-corrected chi connectivity index (χ4v) is 1.27. The van der Waals surface area contributed by atoms with Gasteiger partial charge in [0, 0.05) is 12.6 Å². The Morgan fingerprint density at radius 1 is 1.23 bits per heavy atom. The lowest BCUT2D eigenvalue weighted by molar-refractivity contribution is 0.736. The minimum Gasteiger partial charge on any atom is -0.329 e. The van der Waals surface area contributed by atoms with E-state index in [-0.39, 0.29) is 6.04 Å². The van der Waals surface area contributed by atoms with E-state index in [9.17, 15) is 0 Å². The lowest BCUT2D eigenvalue weighted by atomic mass is 10.0. The first kappa shape index (κ1) is 10.2. The molecule has 0 amide bonds. The number of nitrogens with two attached hydrogens (primary N) is 2. The highest BCUT2D eigenvalue weighted by atomic mass is 14.7. The zero-order chi connectivity index (χ0) is 9.68. The largest absolute Gasteiger partial charge is 0.329 e. The molecule has 0 aromatic heterocycles. The summed E-state index contributed by atoms with van der Waals surface area (Å²) >= 11 is 0. The Hall–Kier alpha value is -0.860. The Kier molecular flexibility index (Phi) is 3.93. The van der Waals surface area contributed by atoms with Crippen molar-refractivity contribution in [3.63, 3.8) is 0 Å². The molecule has 1 unspecified atom stereocenters. The molecule has 13 heavy (non-hydrogen) atoms. The van der Waals surface area contributed by atoms with Crippen LogP contribution >= 0.6 is 0 Å². The standard InChI is InChI=1S/C11H17N2/c1-2-3-9-4-6-10(7-5-9)11(13)8-12/h4-7,11H,1-3,8,12-13H2. The van der Waals surface area contributed by atoms with Crippen LogP contribution in [0.5, 0.6) is 0 Å². The summed E-state index contributed by atoms with van der Waals surface area (Å²) in [6.07, 6.45) is 1.96. The maximum Gasteiger partial charge on any atom is 0.0419 e. The molecule has 2 heteroatoms. The highest BCUT2D eigenvalue weighted by Crippen LogP contribution is 2.11. The Bertz CT molecular complexity index is 241. The van der Waals surface area contributed by atoms with Gasteiger partial charge in [-0.2, -0.15) is 0 Å². The first-order chi connectivity index (χ1) is 6.27. The molecule has 1 rings (SSSR count). The van der Waals surface area contributed by atoms with Gasteiger partial charge in [-0.05, 0) is 24.0 Å². The highest BCUT2D eigenvalue weighted by molar-refractivity contribution is 5.25. The van der Waals surface area contributed by atoms with Gasteiger partial charge in [0.05, 0.1) is 0 Å². The number of hydrogen-bond acceptors (Lipinski definition) is 2. The van der Waals surface area contributed by atoms with Crippen LogP contribution < -0.4 is 11.5 Å². The van der Waals surface area contributed by atoms with Gasteiger partial charge in [0.25, 0.3) is 0 Å². The quantitative estimate of drug-likeness (QED) is 0.730. The van der Waals surface area contributed by atoms with E-state index in [0.717, 1.165) is 18.4 Å². The molecular formula is C11H17N2. The third kappa shape index (κ3) is 2.83. The SMILES string of the molecule is [CH2]CCc1ccc(C(N)CN)cc1. The van der Waals surface area contributed by atoms with E-state index >= 15 is 0 Å². The molecule has 0 aliphatic heterocycles. The van der Waals surface area contributed by atoms with E-state index in [2.05, 4.69) is 19.1 Å². The normalized spacial score (nSPS) is 12.8. The van der Waals surface area contributed by atoms with Crippen LogP contribution in [0.15, 0.2) is 24.3 Å². The van der Waals surface area contributed by atoms with Crippen LogP contribution in [0.1, 0.15) is 23.6 Å². The van der Waals surface area contributed by atoms with Crippen LogP contribution in [0.4, 0.5) is 0 Å². The third-order valence-corrected chi connectivity index (χ3v) is 2.13. The Labute approximate surface area is 79.9 Å². The van der Waals surface area contributed by atoms with Gasteiger partial charge in [-0.25, -0.2) is 0 Å². The van der Waals surface area contributed by atoms with Crippen molar-refractivity contribution in [2.24, 2.45) is 11.5 Å². The highest BCUT2D eigenvalue weighted by Gasteiger charge is 2.01.